The van der Waals surface area contributed by atoms with E-state index < -0.39 is 0 Å². The number of amides is 1. The number of nitrogens with zero attached hydrogens (tertiary/aromatic N) is 1. The molecule has 2 rings (SSSR count). The lowest BCUT2D eigenvalue weighted by Crippen LogP contribution is -2.44. The highest BCUT2D eigenvalue weighted by atomic mass is 16.1. The highest BCUT2D eigenvalue weighted by Gasteiger charge is 2.19. The van der Waals surface area contributed by atoms with Gasteiger partial charge in [-0.2, -0.15) is 0 Å². The molecule has 2 fully saturated rings. The molecule has 0 aromatic rings. The third-order valence-corrected chi connectivity index (χ3v) is 3.43. The molecule has 0 radical (unpaired) electrons. The van der Waals surface area contributed by atoms with Gasteiger partial charge in [0.25, 0.3) is 0 Å². The molecule has 15 heavy (non-hydrogen) atoms. The lowest BCUT2D eigenvalue weighted by molar-refractivity contribution is -0.123. The highest BCUT2D eigenvalue weighted by molar-refractivity contribution is 5.76. The lowest BCUT2D eigenvalue weighted by atomic mass is 9.95. The number of piperidine rings is 1. The van der Waals surface area contributed by atoms with Crippen molar-refractivity contribution < 1.29 is 4.79 Å². The van der Waals surface area contributed by atoms with Crippen LogP contribution in [0.5, 0.6) is 0 Å². The predicted octanol–water partition coefficient (Wildman–Crippen LogP) is -0.192. The Hall–Kier alpha value is -0.610. The van der Waals surface area contributed by atoms with Crippen molar-refractivity contribution in [1.29, 1.82) is 0 Å². The topological polar surface area (TPSA) is 44.4 Å². The van der Waals surface area contributed by atoms with Crippen molar-refractivity contribution in [3.63, 3.8) is 0 Å². The summed E-state index contributed by atoms with van der Waals surface area (Å²) in [5.74, 6) is 0.936. The van der Waals surface area contributed by atoms with Crippen LogP contribution in [0.4, 0.5) is 0 Å². The second kappa shape index (κ2) is 5.47. The summed E-state index contributed by atoms with van der Waals surface area (Å²) in [5.41, 5.74) is 0. The van der Waals surface area contributed by atoms with Crippen LogP contribution in [0.2, 0.25) is 0 Å². The summed E-state index contributed by atoms with van der Waals surface area (Å²) >= 11 is 0. The number of carbonyl (C=O) groups is 1. The number of hydrogen-bond donors (Lipinski definition) is 2. The van der Waals surface area contributed by atoms with E-state index in [0.717, 1.165) is 32.5 Å². The van der Waals surface area contributed by atoms with Crippen LogP contribution < -0.4 is 10.6 Å². The van der Waals surface area contributed by atoms with Crippen molar-refractivity contribution in [2.45, 2.75) is 19.3 Å². The van der Waals surface area contributed by atoms with E-state index in [9.17, 15) is 4.79 Å². The molecule has 1 unspecified atom stereocenters. The fourth-order valence-corrected chi connectivity index (χ4v) is 2.33. The van der Waals surface area contributed by atoms with Crippen LogP contribution in [0.15, 0.2) is 0 Å². The molecule has 2 heterocycles. The normalized spacial score (nSPS) is 28.8. The van der Waals surface area contributed by atoms with E-state index in [1.807, 2.05) is 0 Å². The van der Waals surface area contributed by atoms with Crippen molar-refractivity contribution in [2.24, 2.45) is 5.92 Å². The molecule has 4 nitrogen and oxygen atoms in total. The molecule has 0 spiro atoms. The Morgan fingerprint density at radius 3 is 2.80 bits per heavy atom. The first kappa shape index (κ1) is 10.9. The lowest BCUT2D eigenvalue weighted by Gasteiger charge is -2.30. The molecular formula is C11H21N3O. The second-order valence-corrected chi connectivity index (χ2v) is 4.59. The molecule has 2 N–H and O–H groups in total. The number of nitrogens with one attached hydrogen (secondary N) is 2. The Morgan fingerprint density at radius 2 is 2.13 bits per heavy atom. The van der Waals surface area contributed by atoms with Gasteiger partial charge in [0.15, 0.2) is 0 Å². The summed E-state index contributed by atoms with van der Waals surface area (Å²) in [4.78, 5) is 13.5. The van der Waals surface area contributed by atoms with E-state index in [0.29, 0.717) is 5.92 Å². The van der Waals surface area contributed by atoms with Gasteiger partial charge in [-0.3, -0.25) is 4.79 Å². The van der Waals surface area contributed by atoms with Crippen molar-refractivity contribution in [3.8, 4) is 0 Å². The Bertz CT molecular complexity index is 204. The molecule has 0 bridgehead atoms. The van der Waals surface area contributed by atoms with Crippen LogP contribution in [0.3, 0.4) is 0 Å². The van der Waals surface area contributed by atoms with Gasteiger partial charge in [-0.1, -0.05) is 0 Å². The third kappa shape index (κ3) is 3.47. The summed E-state index contributed by atoms with van der Waals surface area (Å²) < 4.78 is 0. The maximum Gasteiger partial charge on any atom is 0.220 e. The predicted molar refractivity (Wildman–Crippen MR) is 59.7 cm³/mol. The van der Waals surface area contributed by atoms with Crippen LogP contribution in [-0.2, 0) is 4.79 Å². The zero-order valence-electron chi connectivity index (χ0n) is 9.30. The van der Waals surface area contributed by atoms with Gasteiger partial charge in [-0.15, -0.1) is 0 Å². The van der Waals surface area contributed by atoms with Crippen LogP contribution in [-0.4, -0.2) is 50.1 Å². The summed E-state index contributed by atoms with van der Waals surface area (Å²) in [6.45, 7) is 6.70. The molecule has 2 aliphatic rings. The van der Waals surface area contributed by atoms with Gasteiger partial charge in [0.2, 0.25) is 5.91 Å². The van der Waals surface area contributed by atoms with Crippen molar-refractivity contribution in [3.05, 3.63) is 0 Å². The van der Waals surface area contributed by atoms with Crippen LogP contribution >= 0.6 is 0 Å². The zero-order valence-corrected chi connectivity index (χ0v) is 9.30. The minimum absolute atomic E-state index is 0.230. The first-order chi connectivity index (χ1) is 7.34. The zero-order chi connectivity index (χ0) is 10.5. The molecule has 0 saturated carbocycles. The van der Waals surface area contributed by atoms with E-state index >= 15 is 0 Å². The highest BCUT2D eigenvalue weighted by Crippen LogP contribution is 2.15. The maximum atomic E-state index is 11.0. The minimum atomic E-state index is 0.230. The van der Waals surface area contributed by atoms with Crippen LogP contribution in [0.1, 0.15) is 19.3 Å². The summed E-state index contributed by atoms with van der Waals surface area (Å²) in [7, 11) is 0. The van der Waals surface area contributed by atoms with E-state index in [1.54, 1.807) is 0 Å². The standard InChI is InChI=1S/C11H21N3O/c15-11-2-1-10(9-13-11)3-6-14-7-4-12-5-8-14/h10,12H,1-9H2,(H,13,15). The van der Waals surface area contributed by atoms with Gasteiger partial charge >= 0.3 is 0 Å². The first-order valence-corrected chi connectivity index (χ1v) is 6.04. The second-order valence-electron chi connectivity index (χ2n) is 4.59. The summed E-state index contributed by atoms with van der Waals surface area (Å²) in [5, 5.41) is 6.31. The maximum absolute atomic E-state index is 11.0. The molecule has 1 amide bonds. The van der Waals surface area contributed by atoms with E-state index in [1.165, 1.54) is 26.1 Å². The van der Waals surface area contributed by atoms with Gasteiger partial charge in [0.1, 0.15) is 0 Å². The van der Waals surface area contributed by atoms with E-state index in [2.05, 4.69) is 15.5 Å². The summed E-state index contributed by atoms with van der Waals surface area (Å²) in [6, 6.07) is 0. The van der Waals surface area contributed by atoms with Gasteiger partial charge in [0.05, 0.1) is 0 Å². The smallest absolute Gasteiger partial charge is 0.220 e. The van der Waals surface area contributed by atoms with Crippen LogP contribution in [0.25, 0.3) is 0 Å². The minimum Gasteiger partial charge on any atom is -0.356 e. The van der Waals surface area contributed by atoms with Gasteiger partial charge in [-0.05, 0) is 25.3 Å². The average Bonchev–Trinajstić information content (AvgIpc) is 2.30. The van der Waals surface area contributed by atoms with E-state index in [4.69, 9.17) is 0 Å². The molecular weight excluding hydrogens is 190 g/mol. The quantitative estimate of drug-likeness (QED) is 0.680. The SMILES string of the molecule is O=C1CCC(CCN2CCNCC2)CN1. The number of rotatable bonds is 3. The van der Waals surface area contributed by atoms with Crippen molar-refractivity contribution in [2.75, 3.05) is 39.3 Å². The van der Waals surface area contributed by atoms with E-state index in [-0.39, 0.29) is 5.91 Å². The van der Waals surface area contributed by atoms with Crippen molar-refractivity contribution in [1.82, 2.24) is 15.5 Å². The number of hydrogen-bond acceptors (Lipinski definition) is 3. The van der Waals surface area contributed by atoms with Crippen molar-refractivity contribution >= 4 is 5.91 Å². The fourth-order valence-electron chi connectivity index (χ4n) is 2.33. The van der Waals surface area contributed by atoms with Gasteiger partial charge in [-0.25, -0.2) is 0 Å². The average molecular weight is 211 g/mol. The monoisotopic (exact) mass is 211 g/mol. The molecule has 1 atom stereocenters. The molecule has 0 aliphatic carbocycles. The number of piperazine rings is 1. The molecule has 4 heteroatoms. The third-order valence-electron chi connectivity index (χ3n) is 3.43. The number of carbonyl (C=O) groups excluding carboxylic acids is 1. The van der Waals surface area contributed by atoms with Crippen LogP contribution in [0, 0.1) is 5.92 Å². The molecule has 86 valence electrons. The largest absolute Gasteiger partial charge is 0.356 e. The molecule has 2 aliphatic heterocycles. The Balaban J connectivity index is 1.62. The summed E-state index contributed by atoms with van der Waals surface area (Å²) in [6.07, 6.45) is 3.05. The fraction of sp³-hybridized carbons (Fsp3) is 0.909. The molecule has 0 aromatic carbocycles. The molecule has 2 saturated heterocycles. The van der Waals surface area contributed by atoms with Gasteiger partial charge in [0, 0.05) is 39.1 Å². The molecule has 0 aromatic heterocycles. The Morgan fingerprint density at radius 1 is 1.33 bits per heavy atom. The first-order valence-electron chi connectivity index (χ1n) is 6.04. The Kier molecular flexibility index (Phi) is 3.97. The Labute approximate surface area is 91.4 Å². The van der Waals surface area contributed by atoms with Gasteiger partial charge < -0.3 is 15.5 Å².